The first-order valence-electron chi connectivity index (χ1n) is 6.56. The van der Waals surface area contributed by atoms with Crippen molar-refractivity contribution in [1.29, 1.82) is 0 Å². The van der Waals surface area contributed by atoms with E-state index in [9.17, 15) is 13.6 Å². The minimum Gasteiger partial charge on any atom is -0.355 e. The lowest BCUT2D eigenvalue weighted by molar-refractivity contribution is -0.120. The lowest BCUT2D eigenvalue weighted by Crippen LogP contribution is -2.35. The summed E-state index contributed by atoms with van der Waals surface area (Å²) in [6.45, 7) is 1.57. The molecule has 1 aliphatic rings. The van der Waals surface area contributed by atoms with Crippen LogP contribution in [0.15, 0.2) is 18.2 Å². The summed E-state index contributed by atoms with van der Waals surface area (Å²) >= 11 is 0. The van der Waals surface area contributed by atoms with Gasteiger partial charge in [0.2, 0.25) is 5.91 Å². The number of hydrogen-bond donors (Lipinski definition) is 2. The van der Waals surface area contributed by atoms with Crippen LogP contribution in [0.2, 0.25) is 0 Å². The Labute approximate surface area is 111 Å². The lowest BCUT2D eigenvalue weighted by Gasteiger charge is -2.06. The van der Waals surface area contributed by atoms with Crippen molar-refractivity contribution in [1.82, 2.24) is 10.6 Å². The van der Waals surface area contributed by atoms with Crippen LogP contribution in [0.4, 0.5) is 8.78 Å². The second-order valence-corrected chi connectivity index (χ2v) is 4.95. The third-order valence-corrected chi connectivity index (χ3v) is 3.07. The molecule has 3 nitrogen and oxygen atoms in total. The molecule has 0 spiro atoms. The quantitative estimate of drug-likeness (QED) is 0.789. The highest BCUT2D eigenvalue weighted by Crippen LogP contribution is 2.27. The lowest BCUT2D eigenvalue weighted by atomic mass is 10.1. The van der Waals surface area contributed by atoms with E-state index in [0.29, 0.717) is 25.1 Å². The maximum absolute atomic E-state index is 12.9. The summed E-state index contributed by atoms with van der Waals surface area (Å²) in [5.41, 5.74) is 0.545. The first-order valence-corrected chi connectivity index (χ1v) is 6.56. The fraction of sp³-hybridized carbons (Fsp3) is 0.500. The Morgan fingerprint density at radius 1 is 1.21 bits per heavy atom. The van der Waals surface area contributed by atoms with Gasteiger partial charge in [-0.15, -0.1) is 0 Å². The molecule has 0 aliphatic heterocycles. The van der Waals surface area contributed by atoms with Crippen molar-refractivity contribution >= 4 is 5.91 Å². The maximum atomic E-state index is 12.9. The van der Waals surface area contributed by atoms with Crippen LogP contribution in [0.25, 0.3) is 0 Å². The van der Waals surface area contributed by atoms with Crippen molar-refractivity contribution in [3.8, 4) is 0 Å². The van der Waals surface area contributed by atoms with Crippen molar-refractivity contribution < 1.29 is 13.6 Å². The van der Waals surface area contributed by atoms with E-state index in [4.69, 9.17) is 0 Å². The Kier molecular flexibility index (Phi) is 4.85. The molecule has 5 heteroatoms. The fourth-order valence-electron chi connectivity index (χ4n) is 1.88. The van der Waals surface area contributed by atoms with Crippen molar-refractivity contribution in [3.05, 3.63) is 35.4 Å². The highest BCUT2D eigenvalue weighted by Gasteiger charge is 2.20. The molecule has 0 saturated heterocycles. The first kappa shape index (κ1) is 13.9. The van der Waals surface area contributed by atoms with Gasteiger partial charge >= 0.3 is 0 Å². The van der Waals surface area contributed by atoms with Crippen LogP contribution in [0.1, 0.15) is 18.4 Å². The molecule has 19 heavy (non-hydrogen) atoms. The average molecular weight is 268 g/mol. The predicted octanol–water partition coefficient (Wildman–Crippen LogP) is 1.62. The van der Waals surface area contributed by atoms with E-state index in [0.717, 1.165) is 18.5 Å². The molecule has 104 valence electrons. The third kappa shape index (κ3) is 5.34. The number of benzene rings is 1. The Balaban J connectivity index is 1.62. The number of rotatable bonds is 7. The van der Waals surface area contributed by atoms with Gasteiger partial charge in [-0.05, 0) is 49.4 Å². The standard InChI is InChI=1S/C14H18F2N2O/c15-12-5-11(6-13(16)7-12)3-4-18-14(19)9-17-8-10-1-2-10/h5-7,10,17H,1-4,8-9H2,(H,18,19). The van der Waals surface area contributed by atoms with Crippen LogP contribution in [-0.4, -0.2) is 25.5 Å². The van der Waals surface area contributed by atoms with Crippen LogP contribution in [0, 0.1) is 17.6 Å². The molecule has 1 amide bonds. The molecule has 1 saturated carbocycles. The summed E-state index contributed by atoms with van der Waals surface area (Å²) in [6.07, 6.45) is 2.92. The summed E-state index contributed by atoms with van der Waals surface area (Å²) in [5, 5.41) is 5.80. The molecule has 0 radical (unpaired) electrons. The Morgan fingerprint density at radius 3 is 2.53 bits per heavy atom. The van der Waals surface area contributed by atoms with Crippen LogP contribution in [0.3, 0.4) is 0 Å². The number of carbonyl (C=O) groups is 1. The second-order valence-electron chi connectivity index (χ2n) is 4.95. The highest BCUT2D eigenvalue weighted by molar-refractivity contribution is 5.77. The molecule has 0 heterocycles. The summed E-state index contributed by atoms with van der Waals surface area (Å²) in [6, 6.07) is 3.39. The number of hydrogen-bond acceptors (Lipinski definition) is 2. The topological polar surface area (TPSA) is 41.1 Å². The van der Waals surface area contributed by atoms with Crippen molar-refractivity contribution in [2.45, 2.75) is 19.3 Å². The van der Waals surface area contributed by atoms with Gasteiger partial charge < -0.3 is 10.6 Å². The van der Waals surface area contributed by atoms with Crippen LogP contribution in [0.5, 0.6) is 0 Å². The predicted molar refractivity (Wildman–Crippen MR) is 68.7 cm³/mol. The largest absolute Gasteiger partial charge is 0.355 e. The van der Waals surface area contributed by atoms with E-state index < -0.39 is 11.6 Å². The summed E-state index contributed by atoms with van der Waals surface area (Å²) in [5.74, 6) is -0.527. The third-order valence-electron chi connectivity index (χ3n) is 3.07. The van der Waals surface area contributed by atoms with Crippen LogP contribution < -0.4 is 10.6 Å². The van der Waals surface area contributed by atoms with E-state index in [1.807, 2.05) is 0 Å². The second kappa shape index (κ2) is 6.61. The first-order chi connectivity index (χ1) is 9.13. The van der Waals surface area contributed by atoms with E-state index in [1.54, 1.807) is 0 Å². The molecule has 2 N–H and O–H groups in total. The molecule has 1 aliphatic carbocycles. The average Bonchev–Trinajstić information content (AvgIpc) is 3.11. The molecule has 0 unspecified atom stereocenters. The Hall–Kier alpha value is -1.49. The van der Waals surface area contributed by atoms with Gasteiger partial charge in [0.05, 0.1) is 6.54 Å². The van der Waals surface area contributed by atoms with Crippen LogP contribution >= 0.6 is 0 Å². The number of nitrogens with one attached hydrogen (secondary N) is 2. The van der Waals surface area contributed by atoms with Crippen LogP contribution in [-0.2, 0) is 11.2 Å². The summed E-state index contributed by atoms with van der Waals surface area (Å²) in [7, 11) is 0. The molecule has 0 atom stereocenters. The fourth-order valence-corrected chi connectivity index (χ4v) is 1.88. The Morgan fingerprint density at radius 2 is 1.89 bits per heavy atom. The number of carbonyl (C=O) groups excluding carboxylic acids is 1. The number of amides is 1. The van der Waals surface area contributed by atoms with Crippen molar-refractivity contribution in [2.24, 2.45) is 5.92 Å². The minimum absolute atomic E-state index is 0.0856. The van der Waals surface area contributed by atoms with E-state index in [1.165, 1.54) is 25.0 Å². The summed E-state index contributed by atoms with van der Waals surface area (Å²) in [4.78, 5) is 11.4. The Bertz CT molecular complexity index is 427. The molecule has 0 bridgehead atoms. The normalized spacial score (nSPS) is 14.4. The zero-order valence-electron chi connectivity index (χ0n) is 10.7. The van der Waals surface area contributed by atoms with Gasteiger partial charge in [-0.1, -0.05) is 0 Å². The van der Waals surface area contributed by atoms with Gasteiger partial charge in [-0.2, -0.15) is 0 Å². The molecule has 2 rings (SSSR count). The van der Waals surface area contributed by atoms with Gasteiger partial charge in [0.15, 0.2) is 0 Å². The van der Waals surface area contributed by atoms with E-state index in [-0.39, 0.29) is 5.91 Å². The minimum atomic E-state index is -0.590. The zero-order valence-corrected chi connectivity index (χ0v) is 10.7. The zero-order chi connectivity index (χ0) is 13.7. The van der Waals surface area contributed by atoms with E-state index >= 15 is 0 Å². The van der Waals surface area contributed by atoms with Gasteiger partial charge in [0, 0.05) is 12.6 Å². The molecule has 1 aromatic carbocycles. The van der Waals surface area contributed by atoms with E-state index in [2.05, 4.69) is 10.6 Å². The number of halogens is 2. The molecular formula is C14H18F2N2O. The SMILES string of the molecule is O=C(CNCC1CC1)NCCc1cc(F)cc(F)c1. The highest BCUT2D eigenvalue weighted by atomic mass is 19.1. The molecule has 0 aromatic heterocycles. The summed E-state index contributed by atoms with van der Waals surface area (Å²) < 4.78 is 25.8. The van der Waals surface area contributed by atoms with Gasteiger partial charge in [-0.3, -0.25) is 4.79 Å². The molecule has 1 fully saturated rings. The smallest absolute Gasteiger partial charge is 0.233 e. The monoisotopic (exact) mass is 268 g/mol. The maximum Gasteiger partial charge on any atom is 0.233 e. The van der Waals surface area contributed by atoms with Crippen molar-refractivity contribution in [3.63, 3.8) is 0 Å². The van der Waals surface area contributed by atoms with Crippen molar-refractivity contribution in [2.75, 3.05) is 19.6 Å². The van der Waals surface area contributed by atoms with Gasteiger partial charge in [0.1, 0.15) is 11.6 Å². The van der Waals surface area contributed by atoms with Gasteiger partial charge in [0.25, 0.3) is 0 Å². The molecular weight excluding hydrogens is 250 g/mol. The van der Waals surface area contributed by atoms with Gasteiger partial charge in [-0.25, -0.2) is 8.78 Å². The molecule has 1 aromatic rings.